The van der Waals surface area contributed by atoms with Gasteiger partial charge in [-0.05, 0) is 30.0 Å². The zero-order valence-electron chi connectivity index (χ0n) is 8.97. The van der Waals surface area contributed by atoms with Crippen molar-refractivity contribution in [2.45, 2.75) is 19.5 Å². The van der Waals surface area contributed by atoms with Crippen molar-refractivity contribution in [3.63, 3.8) is 0 Å². The molecule has 0 amide bonds. The van der Waals surface area contributed by atoms with Crippen LogP contribution in [0.1, 0.15) is 13.3 Å². The normalized spacial score (nSPS) is 24.1. The standard InChI is InChI=1S/C11H11Cl2F3O/c1-6(11(14,15)16)9(10(13)17)7-2-4-8(12)5-3-7/h2,4-7,9H,3H2,1H3/t6-,7?,9+/m1/s1. The minimum atomic E-state index is -4.44. The van der Waals surface area contributed by atoms with E-state index in [-0.39, 0.29) is 0 Å². The first kappa shape index (κ1) is 14.6. The number of carbonyl (C=O) groups excluding carboxylic acids is 1. The fourth-order valence-corrected chi connectivity index (χ4v) is 2.33. The predicted molar refractivity (Wildman–Crippen MR) is 60.8 cm³/mol. The number of halogens is 5. The number of hydrogen-bond donors (Lipinski definition) is 0. The van der Waals surface area contributed by atoms with Gasteiger partial charge < -0.3 is 0 Å². The molecule has 0 saturated carbocycles. The van der Waals surface area contributed by atoms with Crippen molar-refractivity contribution >= 4 is 28.4 Å². The topological polar surface area (TPSA) is 17.1 Å². The summed E-state index contributed by atoms with van der Waals surface area (Å²) in [5.74, 6) is -3.60. The highest BCUT2D eigenvalue weighted by Crippen LogP contribution is 2.39. The molecule has 6 heteroatoms. The zero-order valence-corrected chi connectivity index (χ0v) is 10.5. The SMILES string of the molecule is C[C@H]([C@H](C(=O)Cl)C1C=CC(Cl)=CC1)C(F)(F)F. The molecule has 0 N–H and O–H groups in total. The largest absolute Gasteiger partial charge is 0.392 e. The van der Waals surface area contributed by atoms with Crippen molar-refractivity contribution in [3.8, 4) is 0 Å². The lowest BCUT2D eigenvalue weighted by Crippen LogP contribution is -2.35. The van der Waals surface area contributed by atoms with E-state index in [1.807, 2.05) is 0 Å². The van der Waals surface area contributed by atoms with Gasteiger partial charge in [-0.25, -0.2) is 0 Å². The van der Waals surface area contributed by atoms with Gasteiger partial charge in [-0.3, -0.25) is 4.79 Å². The van der Waals surface area contributed by atoms with Crippen LogP contribution in [0.5, 0.6) is 0 Å². The van der Waals surface area contributed by atoms with E-state index in [1.165, 1.54) is 12.2 Å². The molecule has 0 bridgehead atoms. The van der Waals surface area contributed by atoms with Gasteiger partial charge in [0, 0.05) is 5.03 Å². The summed E-state index contributed by atoms with van der Waals surface area (Å²) in [5, 5.41) is -0.502. The lowest BCUT2D eigenvalue weighted by atomic mass is 9.79. The van der Waals surface area contributed by atoms with Crippen LogP contribution in [0.4, 0.5) is 13.2 Å². The van der Waals surface area contributed by atoms with Crippen LogP contribution in [0, 0.1) is 17.8 Å². The summed E-state index contributed by atoms with van der Waals surface area (Å²) in [5.41, 5.74) is 0. The Kier molecular flexibility index (Phi) is 4.67. The van der Waals surface area contributed by atoms with Crippen molar-refractivity contribution < 1.29 is 18.0 Å². The minimum absolute atomic E-state index is 0.291. The second-order valence-corrected chi connectivity index (χ2v) is 4.82. The van der Waals surface area contributed by atoms with Gasteiger partial charge in [0.15, 0.2) is 0 Å². The van der Waals surface area contributed by atoms with E-state index in [0.29, 0.717) is 11.5 Å². The molecule has 0 heterocycles. The fourth-order valence-electron chi connectivity index (χ4n) is 1.82. The Balaban J connectivity index is 2.89. The van der Waals surface area contributed by atoms with Crippen LogP contribution >= 0.6 is 23.2 Å². The summed E-state index contributed by atoms with van der Waals surface area (Å²) in [6.07, 6.45) is 0.441. The first-order chi connectivity index (χ1) is 7.73. The van der Waals surface area contributed by atoms with E-state index in [0.717, 1.165) is 6.92 Å². The molecule has 0 spiro atoms. The zero-order chi connectivity index (χ0) is 13.2. The Hall–Kier alpha value is -0.480. The molecule has 96 valence electrons. The van der Waals surface area contributed by atoms with Crippen LogP contribution in [0.2, 0.25) is 0 Å². The van der Waals surface area contributed by atoms with Crippen molar-refractivity contribution in [2.24, 2.45) is 17.8 Å². The average molecular weight is 287 g/mol. The summed E-state index contributed by atoms with van der Waals surface area (Å²) in [4.78, 5) is 11.2. The minimum Gasteiger partial charge on any atom is -0.281 e. The highest BCUT2D eigenvalue weighted by atomic mass is 35.5. The third kappa shape index (κ3) is 3.75. The maximum absolute atomic E-state index is 12.6. The molecule has 1 aliphatic rings. The number of alkyl halides is 3. The molecule has 1 rings (SSSR count). The molecule has 0 aliphatic heterocycles. The summed E-state index contributed by atoms with van der Waals surface area (Å²) in [7, 11) is 0. The molecule has 0 aromatic carbocycles. The number of hydrogen-bond acceptors (Lipinski definition) is 1. The second kappa shape index (κ2) is 5.44. The summed E-state index contributed by atoms with van der Waals surface area (Å²) >= 11 is 11.0. The summed E-state index contributed by atoms with van der Waals surface area (Å²) < 4.78 is 37.8. The van der Waals surface area contributed by atoms with Crippen LogP contribution < -0.4 is 0 Å². The molecular weight excluding hydrogens is 276 g/mol. The Morgan fingerprint density at radius 2 is 2.12 bits per heavy atom. The average Bonchev–Trinajstić information content (AvgIpc) is 2.19. The Morgan fingerprint density at radius 1 is 1.53 bits per heavy atom. The molecule has 0 fully saturated rings. The first-order valence-electron chi connectivity index (χ1n) is 5.03. The number of rotatable bonds is 3. The maximum atomic E-state index is 12.6. The van der Waals surface area contributed by atoms with Crippen molar-refractivity contribution in [1.29, 1.82) is 0 Å². The monoisotopic (exact) mass is 286 g/mol. The van der Waals surface area contributed by atoms with Gasteiger partial charge in [0.25, 0.3) is 0 Å². The van der Waals surface area contributed by atoms with Gasteiger partial charge >= 0.3 is 6.18 Å². The molecule has 17 heavy (non-hydrogen) atoms. The van der Waals surface area contributed by atoms with Gasteiger partial charge in [-0.1, -0.05) is 30.7 Å². The number of allylic oxidation sites excluding steroid dienone is 4. The van der Waals surface area contributed by atoms with E-state index in [2.05, 4.69) is 0 Å². The van der Waals surface area contributed by atoms with Crippen LogP contribution in [0.3, 0.4) is 0 Å². The molecule has 1 nitrogen and oxygen atoms in total. The molecule has 0 aromatic rings. The molecule has 0 aromatic heterocycles. The fraction of sp³-hybridized carbons (Fsp3) is 0.545. The van der Waals surface area contributed by atoms with Crippen LogP contribution in [-0.4, -0.2) is 11.4 Å². The van der Waals surface area contributed by atoms with Crippen molar-refractivity contribution in [1.82, 2.24) is 0 Å². The summed E-state index contributed by atoms with van der Waals surface area (Å²) in [6.45, 7) is 0.971. The Labute approximate surface area is 107 Å². The molecule has 0 radical (unpaired) electrons. The quantitative estimate of drug-likeness (QED) is 0.709. The predicted octanol–water partition coefficient (Wildman–Crippen LogP) is 4.27. The third-order valence-corrected chi connectivity index (χ3v) is 3.40. The van der Waals surface area contributed by atoms with Crippen LogP contribution in [-0.2, 0) is 4.79 Å². The van der Waals surface area contributed by atoms with E-state index >= 15 is 0 Å². The van der Waals surface area contributed by atoms with Crippen LogP contribution in [0.25, 0.3) is 0 Å². The highest BCUT2D eigenvalue weighted by Gasteiger charge is 2.46. The molecule has 3 atom stereocenters. The van der Waals surface area contributed by atoms with Gasteiger partial charge in [-0.2, -0.15) is 13.2 Å². The van der Waals surface area contributed by atoms with Gasteiger partial charge in [0.2, 0.25) is 5.24 Å². The van der Waals surface area contributed by atoms with Crippen molar-refractivity contribution in [3.05, 3.63) is 23.3 Å². The first-order valence-corrected chi connectivity index (χ1v) is 5.79. The molecule has 1 aliphatic carbocycles. The molecule has 1 unspecified atom stereocenters. The van der Waals surface area contributed by atoms with Gasteiger partial charge in [0.1, 0.15) is 0 Å². The Bertz CT molecular complexity index is 360. The third-order valence-electron chi connectivity index (χ3n) is 2.87. The molecular formula is C11H11Cl2F3O. The van der Waals surface area contributed by atoms with Crippen LogP contribution in [0.15, 0.2) is 23.3 Å². The highest BCUT2D eigenvalue weighted by molar-refractivity contribution is 6.64. The van der Waals surface area contributed by atoms with E-state index in [1.54, 1.807) is 6.08 Å². The van der Waals surface area contributed by atoms with E-state index < -0.39 is 29.2 Å². The number of carbonyl (C=O) groups is 1. The van der Waals surface area contributed by atoms with Crippen molar-refractivity contribution in [2.75, 3.05) is 0 Å². The lowest BCUT2D eigenvalue weighted by Gasteiger charge is -2.29. The van der Waals surface area contributed by atoms with Gasteiger partial charge in [0.05, 0.1) is 11.8 Å². The van der Waals surface area contributed by atoms with Gasteiger partial charge in [-0.15, -0.1) is 0 Å². The van der Waals surface area contributed by atoms with E-state index in [4.69, 9.17) is 23.2 Å². The smallest absolute Gasteiger partial charge is 0.281 e. The van der Waals surface area contributed by atoms with E-state index in [9.17, 15) is 18.0 Å². The Morgan fingerprint density at radius 3 is 2.47 bits per heavy atom. The molecule has 0 saturated heterocycles. The second-order valence-electron chi connectivity index (χ2n) is 4.01. The lowest BCUT2D eigenvalue weighted by molar-refractivity contribution is -0.187. The maximum Gasteiger partial charge on any atom is 0.392 e. The summed E-state index contributed by atoms with van der Waals surface area (Å²) in [6, 6.07) is 0.